The van der Waals surface area contributed by atoms with E-state index in [-0.39, 0.29) is 5.56 Å². The Labute approximate surface area is 119 Å². The van der Waals surface area contributed by atoms with Crippen LogP contribution in [0.25, 0.3) is 22.2 Å². The third kappa shape index (κ3) is 2.16. The summed E-state index contributed by atoms with van der Waals surface area (Å²) in [4.78, 5) is 14.4. The van der Waals surface area contributed by atoms with E-state index in [9.17, 15) is 13.6 Å². The first kappa shape index (κ1) is 13.3. The van der Waals surface area contributed by atoms with Crippen LogP contribution in [0.1, 0.15) is 10.4 Å². The quantitative estimate of drug-likeness (QED) is 0.741. The van der Waals surface area contributed by atoms with Crippen LogP contribution >= 0.6 is 0 Å². The van der Waals surface area contributed by atoms with E-state index in [1.54, 1.807) is 18.2 Å². The Morgan fingerprint density at radius 3 is 2.62 bits per heavy atom. The van der Waals surface area contributed by atoms with E-state index in [2.05, 4.69) is 4.98 Å². The summed E-state index contributed by atoms with van der Waals surface area (Å²) in [7, 11) is 1.52. The molecule has 0 atom stereocenters. The highest BCUT2D eigenvalue weighted by Gasteiger charge is 2.16. The Morgan fingerprint density at radius 1 is 1.14 bits per heavy atom. The largest absolute Gasteiger partial charge is 0.497 e. The van der Waals surface area contributed by atoms with E-state index >= 15 is 0 Å². The van der Waals surface area contributed by atoms with Gasteiger partial charge in [0.15, 0.2) is 6.29 Å². The molecular weight excluding hydrogens is 276 g/mol. The van der Waals surface area contributed by atoms with Crippen molar-refractivity contribution in [2.45, 2.75) is 0 Å². The van der Waals surface area contributed by atoms with E-state index in [0.717, 1.165) is 12.1 Å². The van der Waals surface area contributed by atoms with Crippen molar-refractivity contribution in [2.24, 2.45) is 0 Å². The molecule has 0 aliphatic carbocycles. The molecular formula is C16H11F2NO2. The van der Waals surface area contributed by atoms with Crippen molar-refractivity contribution in [1.29, 1.82) is 0 Å². The van der Waals surface area contributed by atoms with Crippen molar-refractivity contribution >= 4 is 17.2 Å². The van der Waals surface area contributed by atoms with Crippen molar-refractivity contribution in [2.75, 3.05) is 7.11 Å². The minimum atomic E-state index is -0.725. The van der Waals surface area contributed by atoms with Crippen LogP contribution in [-0.2, 0) is 0 Å². The summed E-state index contributed by atoms with van der Waals surface area (Å²) in [5.41, 5.74) is 1.46. The highest BCUT2D eigenvalue weighted by molar-refractivity contribution is 6.04. The average molecular weight is 287 g/mol. The van der Waals surface area contributed by atoms with E-state index in [1.165, 1.54) is 13.2 Å². The number of rotatable bonds is 3. The van der Waals surface area contributed by atoms with Gasteiger partial charge >= 0.3 is 0 Å². The van der Waals surface area contributed by atoms with E-state index < -0.39 is 11.6 Å². The molecule has 0 fully saturated rings. The molecule has 0 radical (unpaired) electrons. The topological polar surface area (TPSA) is 42.1 Å². The average Bonchev–Trinajstić information content (AvgIpc) is 2.84. The lowest BCUT2D eigenvalue weighted by molar-refractivity contribution is 0.112. The Kier molecular flexibility index (Phi) is 3.17. The van der Waals surface area contributed by atoms with Crippen LogP contribution in [0.5, 0.6) is 5.75 Å². The third-order valence-corrected chi connectivity index (χ3v) is 3.36. The highest BCUT2D eigenvalue weighted by atomic mass is 19.1. The molecule has 1 heterocycles. The fourth-order valence-corrected chi connectivity index (χ4v) is 2.35. The highest BCUT2D eigenvalue weighted by Crippen LogP contribution is 2.32. The number of hydrogen-bond acceptors (Lipinski definition) is 2. The maximum absolute atomic E-state index is 13.9. The predicted octanol–water partition coefficient (Wildman–Crippen LogP) is 3.93. The van der Waals surface area contributed by atoms with E-state index in [4.69, 9.17) is 4.74 Å². The number of carbonyl (C=O) groups is 1. The number of aromatic nitrogens is 1. The first-order valence-electron chi connectivity index (χ1n) is 6.24. The van der Waals surface area contributed by atoms with Gasteiger partial charge in [-0.2, -0.15) is 0 Å². The Balaban J connectivity index is 2.29. The zero-order valence-electron chi connectivity index (χ0n) is 11.1. The van der Waals surface area contributed by atoms with Crippen LogP contribution in [0.2, 0.25) is 0 Å². The Morgan fingerprint density at radius 2 is 1.95 bits per heavy atom. The molecule has 5 heteroatoms. The van der Waals surface area contributed by atoms with Crippen molar-refractivity contribution in [1.82, 2.24) is 4.98 Å². The fourth-order valence-electron chi connectivity index (χ4n) is 2.35. The number of hydrogen-bond donors (Lipinski definition) is 1. The molecule has 0 saturated heterocycles. The number of methoxy groups -OCH3 is 1. The molecule has 106 valence electrons. The summed E-state index contributed by atoms with van der Waals surface area (Å²) in [6.07, 6.45) is 0.649. The molecule has 0 spiro atoms. The van der Waals surface area contributed by atoms with Gasteiger partial charge in [-0.05, 0) is 30.3 Å². The predicted molar refractivity (Wildman–Crippen MR) is 75.6 cm³/mol. The van der Waals surface area contributed by atoms with E-state index in [0.29, 0.717) is 34.2 Å². The van der Waals surface area contributed by atoms with Crippen molar-refractivity contribution < 1.29 is 18.3 Å². The third-order valence-electron chi connectivity index (χ3n) is 3.36. The molecule has 0 aliphatic rings. The first-order chi connectivity index (χ1) is 10.1. The molecule has 1 N–H and O–H groups in total. The van der Waals surface area contributed by atoms with Gasteiger partial charge in [0.25, 0.3) is 0 Å². The van der Waals surface area contributed by atoms with Crippen LogP contribution in [0, 0.1) is 11.6 Å². The monoisotopic (exact) mass is 287 g/mol. The van der Waals surface area contributed by atoms with Crippen LogP contribution in [-0.4, -0.2) is 18.4 Å². The SMILES string of the molecule is COc1ccc2[nH]c(-c3ccc(F)cc3F)c(C=O)c2c1. The molecule has 0 unspecified atom stereocenters. The second kappa shape index (κ2) is 5.01. The van der Waals surface area contributed by atoms with Crippen molar-refractivity contribution in [3.8, 4) is 17.0 Å². The molecule has 2 aromatic carbocycles. The number of fused-ring (bicyclic) bond motifs is 1. The fraction of sp³-hybridized carbons (Fsp3) is 0.0625. The van der Waals surface area contributed by atoms with Crippen LogP contribution in [0.4, 0.5) is 8.78 Å². The lowest BCUT2D eigenvalue weighted by atomic mass is 10.1. The second-order valence-electron chi connectivity index (χ2n) is 4.57. The maximum atomic E-state index is 13.9. The van der Waals surface area contributed by atoms with Gasteiger partial charge in [-0.3, -0.25) is 4.79 Å². The van der Waals surface area contributed by atoms with E-state index in [1.807, 2.05) is 0 Å². The number of ether oxygens (including phenoxy) is 1. The van der Waals surface area contributed by atoms with Crippen LogP contribution < -0.4 is 4.74 Å². The summed E-state index contributed by atoms with van der Waals surface area (Å²) < 4.78 is 32.1. The minimum absolute atomic E-state index is 0.147. The number of benzene rings is 2. The molecule has 0 aliphatic heterocycles. The molecule has 3 nitrogen and oxygen atoms in total. The zero-order valence-corrected chi connectivity index (χ0v) is 11.1. The van der Waals surface area contributed by atoms with Gasteiger partial charge in [0.05, 0.1) is 12.8 Å². The number of aldehydes is 1. The summed E-state index contributed by atoms with van der Waals surface area (Å²) in [5, 5.41) is 0.628. The Bertz CT molecular complexity index is 840. The number of nitrogens with one attached hydrogen (secondary N) is 1. The summed E-state index contributed by atoms with van der Waals surface area (Å²) in [6, 6.07) is 8.42. The van der Waals surface area contributed by atoms with Gasteiger partial charge < -0.3 is 9.72 Å². The summed E-state index contributed by atoms with van der Waals surface area (Å²) in [6.45, 7) is 0. The molecule has 0 amide bonds. The van der Waals surface area contributed by atoms with Gasteiger partial charge in [-0.15, -0.1) is 0 Å². The molecule has 1 aromatic heterocycles. The molecule has 21 heavy (non-hydrogen) atoms. The zero-order chi connectivity index (χ0) is 15.0. The molecule has 3 rings (SSSR count). The lowest BCUT2D eigenvalue weighted by Gasteiger charge is -2.02. The van der Waals surface area contributed by atoms with Gasteiger partial charge in [0, 0.05) is 28.1 Å². The van der Waals surface area contributed by atoms with Gasteiger partial charge in [-0.25, -0.2) is 8.78 Å². The molecule has 0 saturated carbocycles. The van der Waals surface area contributed by atoms with Crippen molar-refractivity contribution in [3.63, 3.8) is 0 Å². The normalized spacial score (nSPS) is 10.8. The van der Waals surface area contributed by atoms with Gasteiger partial charge in [0.2, 0.25) is 0 Å². The van der Waals surface area contributed by atoms with Gasteiger partial charge in [-0.1, -0.05) is 0 Å². The smallest absolute Gasteiger partial charge is 0.152 e. The molecule has 0 bridgehead atoms. The first-order valence-corrected chi connectivity index (χ1v) is 6.24. The lowest BCUT2D eigenvalue weighted by Crippen LogP contribution is -1.90. The molecule has 3 aromatic rings. The summed E-state index contributed by atoms with van der Waals surface area (Å²) >= 11 is 0. The maximum Gasteiger partial charge on any atom is 0.152 e. The van der Waals surface area contributed by atoms with Crippen molar-refractivity contribution in [3.05, 3.63) is 53.6 Å². The summed E-state index contributed by atoms with van der Waals surface area (Å²) in [5.74, 6) is -0.797. The second-order valence-corrected chi connectivity index (χ2v) is 4.57. The number of H-pyrrole nitrogens is 1. The van der Waals surface area contributed by atoms with Crippen LogP contribution in [0.3, 0.4) is 0 Å². The number of halogens is 2. The number of carbonyl (C=O) groups excluding carboxylic acids is 1. The minimum Gasteiger partial charge on any atom is -0.497 e. The number of aromatic amines is 1. The van der Waals surface area contributed by atoms with Gasteiger partial charge in [0.1, 0.15) is 17.4 Å². The standard InChI is InChI=1S/C16H11F2NO2/c1-21-10-3-5-15-12(7-10)13(8-20)16(19-15)11-4-2-9(17)6-14(11)18/h2-8,19H,1H3. The van der Waals surface area contributed by atoms with Crippen LogP contribution in [0.15, 0.2) is 36.4 Å². The Hall–Kier alpha value is -2.69.